The van der Waals surface area contributed by atoms with Crippen molar-refractivity contribution in [2.24, 2.45) is 0 Å². The molecule has 0 rings (SSSR count). The third-order valence-electron chi connectivity index (χ3n) is 2.66. The SMILES string of the molecule is CCCCC(=O)CC(=O)CCCCC(F)C(F)F. The minimum Gasteiger partial charge on any atom is -0.299 e. The second-order valence-corrected chi connectivity index (χ2v) is 4.45. The van der Waals surface area contributed by atoms with Crippen LogP contribution in [0.3, 0.4) is 0 Å². The number of carbonyl (C=O) groups excluding carboxylic acids is 2. The van der Waals surface area contributed by atoms with Crippen molar-refractivity contribution < 1.29 is 22.8 Å². The van der Waals surface area contributed by atoms with Crippen LogP contribution in [0.1, 0.15) is 58.3 Å². The Bertz CT molecular complexity index is 255. The van der Waals surface area contributed by atoms with Crippen molar-refractivity contribution in [3.05, 3.63) is 0 Å². The summed E-state index contributed by atoms with van der Waals surface area (Å²) < 4.78 is 36.1. The maximum atomic E-state index is 12.5. The third kappa shape index (κ3) is 9.19. The lowest BCUT2D eigenvalue weighted by atomic mass is 10.0. The van der Waals surface area contributed by atoms with Crippen LogP contribution in [0.5, 0.6) is 0 Å². The Morgan fingerprint density at radius 2 is 1.50 bits per heavy atom. The summed E-state index contributed by atoms with van der Waals surface area (Å²) in [6.45, 7) is 1.96. The molecule has 0 radical (unpaired) electrons. The largest absolute Gasteiger partial charge is 0.299 e. The zero-order valence-corrected chi connectivity index (χ0v) is 10.8. The fourth-order valence-electron chi connectivity index (χ4n) is 1.56. The molecule has 5 heteroatoms. The van der Waals surface area contributed by atoms with E-state index in [2.05, 4.69) is 0 Å². The Morgan fingerprint density at radius 1 is 0.944 bits per heavy atom. The van der Waals surface area contributed by atoms with E-state index in [4.69, 9.17) is 0 Å². The first-order chi connectivity index (χ1) is 8.47. The molecule has 0 aromatic heterocycles. The summed E-state index contributed by atoms with van der Waals surface area (Å²) in [5, 5.41) is 0. The van der Waals surface area contributed by atoms with Gasteiger partial charge >= 0.3 is 0 Å². The molecule has 1 atom stereocenters. The lowest BCUT2D eigenvalue weighted by Gasteiger charge is -2.05. The Hall–Kier alpha value is -0.870. The number of ketones is 2. The van der Waals surface area contributed by atoms with Gasteiger partial charge in [-0.15, -0.1) is 0 Å². The zero-order valence-electron chi connectivity index (χ0n) is 10.8. The molecule has 18 heavy (non-hydrogen) atoms. The highest BCUT2D eigenvalue weighted by atomic mass is 19.3. The minimum atomic E-state index is -2.95. The van der Waals surface area contributed by atoms with Crippen LogP contribution >= 0.6 is 0 Å². The minimum absolute atomic E-state index is 0.0715. The summed E-state index contributed by atoms with van der Waals surface area (Å²) in [6.07, 6.45) is -2.46. The first kappa shape index (κ1) is 17.1. The molecule has 0 fully saturated rings. The molecule has 0 amide bonds. The second-order valence-electron chi connectivity index (χ2n) is 4.45. The van der Waals surface area contributed by atoms with Gasteiger partial charge in [-0.1, -0.05) is 13.3 Å². The van der Waals surface area contributed by atoms with Crippen molar-refractivity contribution in [1.29, 1.82) is 0 Å². The topological polar surface area (TPSA) is 34.1 Å². The van der Waals surface area contributed by atoms with Gasteiger partial charge < -0.3 is 0 Å². The predicted molar refractivity (Wildman–Crippen MR) is 63.5 cm³/mol. The Kier molecular flexibility index (Phi) is 9.60. The highest BCUT2D eigenvalue weighted by Gasteiger charge is 2.18. The predicted octanol–water partition coefficient (Wildman–Crippen LogP) is 3.87. The number of Topliss-reactive ketones (excluding diaryl/α,β-unsaturated/α-hetero) is 2. The quantitative estimate of drug-likeness (QED) is 0.420. The van der Waals surface area contributed by atoms with Crippen LogP contribution in [0.15, 0.2) is 0 Å². The highest BCUT2D eigenvalue weighted by molar-refractivity contribution is 5.98. The van der Waals surface area contributed by atoms with Crippen LogP contribution in [0.2, 0.25) is 0 Å². The Labute approximate surface area is 106 Å². The molecule has 0 saturated heterocycles. The molecule has 106 valence electrons. The van der Waals surface area contributed by atoms with Crippen molar-refractivity contribution in [2.75, 3.05) is 0 Å². The summed E-state index contributed by atoms with van der Waals surface area (Å²) in [7, 11) is 0. The summed E-state index contributed by atoms with van der Waals surface area (Å²) in [6, 6.07) is 0. The van der Waals surface area contributed by atoms with E-state index in [-0.39, 0.29) is 37.2 Å². The van der Waals surface area contributed by atoms with Crippen LogP contribution < -0.4 is 0 Å². The van der Waals surface area contributed by atoms with Gasteiger partial charge in [0.25, 0.3) is 6.43 Å². The maximum Gasteiger partial charge on any atom is 0.269 e. The van der Waals surface area contributed by atoms with Crippen LogP contribution in [-0.2, 0) is 9.59 Å². The van der Waals surface area contributed by atoms with Crippen LogP contribution in [0.4, 0.5) is 13.2 Å². The van der Waals surface area contributed by atoms with E-state index in [1.165, 1.54) is 0 Å². The summed E-state index contributed by atoms with van der Waals surface area (Å²) in [4.78, 5) is 22.6. The average molecular weight is 266 g/mol. The van der Waals surface area contributed by atoms with Crippen LogP contribution in [0, 0.1) is 0 Å². The molecule has 0 saturated carbocycles. The molecular formula is C13H21F3O2. The molecule has 0 aromatic carbocycles. The van der Waals surface area contributed by atoms with Gasteiger partial charge in [-0.3, -0.25) is 9.59 Å². The molecular weight excluding hydrogens is 245 g/mol. The average Bonchev–Trinajstić information content (AvgIpc) is 2.31. The standard InChI is InChI=1S/C13H21F3O2/c1-2-3-6-10(17)9-11(18)7-4-5-8-12(14)13(15)16/h12-13H,2-9H2,1H3. The van der Waals surface area contributed by atoms with Gasteiger partial charge in [0, 0.05) is 12.8 Å². The first-order valence-electron chi connectivity index (χ1n) is 6.43. The number of alkyl halides is 3. The first-order valence-corrected chi connectivity index (χ1v) is 6.43. The van der Waals surface area contributed by atoms with Crippen LogP contribution in [-0.4, -0.2) is 24.2 Å². The Balaban J connectivity index is 3.56. The molecule has 0 aliphatic carbocycles. The van der Waals surface area contributed by atoms with Crippen molar-refractivity contribution in [3.63, 3.8) is 0 Å². The molecule has 0 aromatic rings. The molecule has 0 heterocycles. The van der Waals surface area contributed by atoms with Crippen molar-refractivity contribution in [2.45, 2.75) is 70.9 Å². The lowest BCUT2D eigenvalue weighted by molar-refractivity contribution is -0.127. The highest BCUT2D eigenvalue weighted by Crippen LogP contribution is 2.14. The number of carbonyl (C=O) groups is 2. The second kappa shape index (κ2) is 10.1. The lowest BCUT2D eigenvalue weighted by Crippen LogP contribution is -2.12. The van der Waals surface area contributed by atoms with Gasteiger partial charge in [0.05, 0.1) is 6.42 Å². The van der Waals surface area contributed by atoms with E-state index in [1.807, 2.05) is 6.92 Å². The van der Waals surface area contributed by atoms with E-state index in [9.17, 15) is 22.8 Å². The Morgan fingerprint density at radius 3 is 2.00 bits per heavy atom. The molecule has 1 unspecified atom stereocenters. The fraction of sp³-hybridized carbons (Fsp3) is 0.846. The van der Waals surface area contributed by atoms with E-state index in [0.717, 1.165) is 12.8 Å². The van der Waals surface area contributed by atoms with Gasteiger partial charge in [-0.2, -0.15) is 0 Å². The molecule has 2 nitrogen and oxygen atoms in total. The zero-order chi connectivity index (χ0) is 14.0. The van der Waals surface area contributed by atoms with Crippen LogP contribution in [0.25, 0.3) is 0 Å². The van der Waals surface area contributed by atoms with E-state index < -0.39 is 12.6 Å². The number of hydrogen-bond donors (Lipinski definition) is 0. The van der Waals surface area contributed by atoms with E-state index in [1.54, 1.807) is 0 Å². The third-order valence-corrected chi connectivity index (χ3v) is 2.66. The monoisotopic (exact) mass is 266 g/mol. The number of unbranched alkanes of at least 4 members (excludes halogenated alkanes) is 2. The summed E-state index contributed by atoms with van der Waals surface area (Å²) in [5.41, 5.74) is 0. The molecule has 0 N–H and O–H groups in total. The molecule has 0 aliphatic heterocycles. The van der Waals surface area contributed by atoms with Crippen molar-refractivity contribution in [3.8, 4) is 0 Å². The normalized spacial score (nSPS) is 12.7. The number of rotatable bonds is 11. The fourth-order valence-corrected chi connectivity index (χ4v) is 1.56. The van der Waals surface area contributed by atoms with Gasteiger partial charge in [0.2, 0.25) is 0 Å². The van der Waals surface area contributed by atoms with Crippen molar-refractivity contribution >= 4 is 11.6 Å². The van der Waals surface area contributed by atoms with E-state index in [0.29, 0.717) is 12.8 Å². The van der Waals surface area contributed by atoms with Gasteiger partial charge in [-0.25, -0.2) is 13.2 Å². The number of hydrogen-bond acceptors (Lipinski definition) is 2. The molecule has 0 aliphatic rings. The smallest absolute Gasteiger partial charge is 0.269 e. The van der Waals surface area contributed by atoms with E-state index >= 15 is 0 Å². The number of halogens is 3. The van der Waals surface area contributed by atoms with Gasteiger partial charge in [0.1, 0.15) is 11.6 Å². The molecule has 0 spiro atoms. The van der Waals surface area contributed by atoms with Crippen molar-refractivity contribution in [1.82, 2.24) is 0 Å². The molecule has 0 bridgehead atoms. The summed E-state index contributed by atoms with van der Waals surface area (Å²) in [5.74, 6) is -0.249. The van der Waals surface area contributed by atoms with Gasteiger partial charge in [0.15, 0.2) is 6.17 Å². The van der Waals surface area contributed by atoms with Gasteiger partial charge in [-0.05, 0) is 25.7 Å². The summed E-state index contributed by atoms with van der Waals surface area (Å²) >= 11 is 0. The maximum absolute atomic E-state index is 12.5.